The number of carbonyl (C=O) groups excluding carboxylic acids is 1. The summed E-state index contributed by atoms with van der Waals surface area (Å²) in [5.41, 5.74) is 7.62. The van der Waals surface area contributed by atoms with Crippen molar-refractivity contribution in [1.29, 1.82) is 0 Å². The Labute approximate surface area is 164 Å². The molecule has 3 rings (SSSR count). The van der Waals surface area contributed by atoms with Crippen LogP contribution in [0.2, 0.25) is 0 Å². The van der Waals surface area contributed by atoms with Gasteiger partial charge in [-0.15, -0.1) is 0 Å². The predicted molar refractivity (Wildman–Crippen MR) is 113 cm³/mol. The van der Waals surface area contributed by atoms with E-state index in [0.29, 0.717) is 17.5 Å². The molecule has 0 fully saturated rings. The monoisotopic (exact) mass is 381 g/mol. The maximum atomic E-state index is 13.0. The Kier molecular flexibility index (Phi) is 5.97. The lowest BCUT2D eigenvalue weighted by Gasteiger charge is -2.09. The molecule has 0 saturated carbocycles. The fraction of sp³-hybridized carbons (Fsp3) is 0.409. The van der Waals surface area contributed by atoms with Crippen molar-refractivity contribution in [2.45, 2.75) is 52.4 Å². The molecule has 148 valence electrons. The van der Waals surface area contributed by atoms with Crippen LogP contribution in [0.25, 0.3) is 22.1 Å². The van der Waals surface area contributed by atoms with Gasteiger partial charge in [-0.2, -0.15) is 4.98 Å². The molecule has 0 atom stereocenters. The van der Waals surface area contributed by atoms with Crippen LogP contribution in [0.1, 0.15) is 68.3 Å². The normalized spacial score (nSPS) is 11.4. The quantitative estimate of drug-likeness (QED) is 0.468. The van der Waals surface area contributed by atoms with Gasteiger partial charge in [0.15, 0.2) is 0 Å². The Bertz CT molecular complexity index is 1070. The van der Waals surface area contributed by atoms with Crippen LogP contribution in [0.5, 0.6) is 0 Å². The third-order valence-electron chi connectivity index (χ3n) is 4.94. The van der Waals surface area contributed by atoms with Crippen molar-refractivity contribution < 1.29 is 9.21 Å². The lowest BCUT2D eigenvalue weighted by molar-refractivity contribution is 0.0953. The number of nitrogens with two attached hydrogens (primary N) is 1. The van der Waals surface area contributed by atoms with Gasteiger partial charge in [0.25, 0.3) is 5.91 Å². The lowest BCUT2D eigenvalue weighted by Crippen LogP contribution is -2.26. The van der Waals surface area contributed by atoms with Crippen molar-refractivity contribution >= 4 is 33.8 Å². The number of nitrogens with zero attached hydrogens (tertiary/aromatic N) is 1. The molecule has 0 spiro atoms. The number of hydrogen-bond donors (Lipinski definition) is 2. The summed E-state index contributed by atoms with van der Waals surface area (Å²) < 4.78 is 5.78. The Hall–Kier alpha value is -2.89. The van der Waals surface area contributed by atoms with Gasteiger partial charge in [-0.3, -0.25) is 9.59 Å². The Morgan fingerprint density at radius 2 is 1.96 bits per heavy atom. The third kappa shape index (κ3) is 4.01. The summed E-state index contributed by atoms with van der Waals surface area (Å²) in [5.74, 6) is 0.0248. The zero-order valence-electron chi connectivity index (χ0n) is 16.7. The van der Waals surface area contributed by atoms with E-state index in [1.165, 1.54) is 6.07 Å². The van der Waals surface area contributed by atoms with Crippen LogP contribution in [0.4, 0.5) is 5.82 Å². The zero-order valence-corrected chi connectivity index (χ0v) is 16.7. The smallest absolute Gasteiger partial charge is 0.255 e. The highest BCUT2D eigenvalue weighted by Crippen LogP contribution is 2.24. The zero-order chi connectivity index (χ0) is 20.3. The largest absolute Gasteiger partial charge is 0.437 e. The maximum absolute atomic E-state index is 13.0. The van der Waals surface area contributed by atoms with Gasteiger partial charge in [0, 0.05) is 6.54 Å². The molecule has 0 unspecified atom stereocenters. The highest BCUT2D eigenvalue weighted by molar-refractivity contribution is 6.02. The summed E-state index contributed by atoms with van der Waals surface area (Å²) in [4.78, 5) is 29.7. The number of pyridine rings is 1. The first-order valence-electron chi connectivity index (χ1n) is 9.87. The minimum atomic E-state index is -0.321. The van der Waals surface area contributed by atoms with E-state index in [-0.39, 0.29) is 39.7 Å². The van der Waals surface area contributed by atoms with Crippen LogP contribution in [-0.2, 0) is 0 Å². The number of fused-ring (bicyclic) bond motifs is 2. The van der Waals surface area contributed by atoms with Crippen LogP contribution in [-0.4, -0.2) is 17.4 Å². The number of unbranched alkanes of at least 4 members (excludes halogenated alkanes) is 3. The summed E-state index contributed by atoms with van der Waals surface area (Å²) >= 11 is 0. The second kappa shape index (κ2) is 8.42. The molecule has 0 aliphatic heterocycles. The maximum Gasteiger partial charge on any atom is 0.255 e. The molecular weight excluding hydrogens is 354 g/mol. The number of rotatable bonds is 7. The average Bonchev–Trinajstić information content (AvgIpc) is 2.67. The Balaban J connectivity index is 1.98. The molecule has 0 saturated heterocycles. The molecule has 6 nitrogen and oxygen atoms in total. The molecule has 3 aromatic rings. The van der Waals surface area contributed by atoms with Gasteiger partial charge in [-0.25, -0.2) is 0 Å². The third-order valence-corrected chi connectivity index (χ3v) is 4.94. The first-order valence-corrected chi connectivity index (χ1v) is 9.87. The number of amides is 1. The molecule has 0 aliphatic carbocycles. The van der Waals surface area contributed by atoms with Crippen LogP contribution in [0.15, 0.2) is 33.5 Å². The number of nitrogens with one attached hydrogen (secondary N) is 1. The molecule has 2 aromatic heterocycles. The standard InChI is InChI=1S/C22H27N3O3/c1-4-5-6-7-10-24-21(27)17-12-16-19(26)15-11-14(13(2)3)8-9-18(15)28-22(16)25-20(17)23/h8-9,11-13H,4-7,10H2,1-3H3,(H2,23,25)(H,24,27). The van der Waals surface area contributed by atoms with Crippen molar-refractivity contribution in [1.82, 2.24) is 10.3 Å². The lowest BCUT2D eigenvalue weighted by atomic mass is 10.0. The van der Waals surface area contributed by atoms with E-state index in [1.54, 1.807) is 6.07 Å². The second-order valence-corrected chi connectivity index (χ2v) is 7.43. The van der Waals surface area contributed by atoms with Crippen molar-refractivity contribution in [2.24, 2.45) is 0 Å². The summed E-state index contributed by atoms with van der Waals surface area (Å²) in [7, 11) is 0. The molecule has 1 aromatic carbocycles. The van der Waals surface area contributed by atoms with Gasteiger partial charge < -0.3 is 15.5 Å². The van der Waals surface area contributed by atoms with Gasteiger partial charge in [0.2, 0.25) is 11.1 Å². The molecule has 6 heteroatoms. The fourth-order valence-corrected chi connectivity index (χ4v) is 3.20. The van der Waals surface area contributed by atoms with Crippen molar-refractivity contribution in [3.05, 3.63) is 45.6 Å². The summed E-state index contributed by atoms with van der Waals surface area (Å²) in [6.45, 7) is 6.84. The Morgan fingerprint density at radius 1 is 1.18 bits per heavy atom. The molecule has 0 radical (unpaired) electrons. The van der Waals surface area contributed by atoms with Crippen LogP contribution < -0.4 is 16.5 Å². The summed E-state index contributed by atoms with van der Waals surface area (Å²) in [6.07, 6.45) is 4.25. The number of carbonyl (C=O) groups is 1. The minimum Gasteiger partial charge on any atom is -0.437 e. The van der Waals surface area contributed by atoms with Gasteiger partial charge >= 0.3 is 0 Å². The number of nitrogen functional groups attached to an aromatic ring is 1. The van der Waals surface area contributed by atoms with Gasteiger partial charge in [0.05, 0.1) is 16.3 Å². The number of aromatic nitrogens is 1. The van der Waals surface area contributed by atoms with E-state index in [2.05, 4.69) is 31.1 Å². The first-order chi connectivity index (χ1) is 13.4. The number of hydrogen-bond acceptors (Lipinski definition) is 5. The van der Waals surface area contributed by atoms with Crippen molar-refractivity contribution in [3.8, 4) is 0 Å². The predicted octanol–water partition coefficient (Wildman–Crippen LogP) is 4.36. The molecule has 1 amide bonds. The van der Waals surface area contributed by atoms with E-state index < -0.39 is 0 Å². The van der Waals surface area contributed by atoms with Crippen LogP contribution in [0, 0.1) is 0 Å². The molecule has 2 heterocycles. The van der Waals surface area contributed by atoms with E-state index in [0.717, 1.165) is 31.2 Å². The van der Waals surface area contributed by atoms with Crippen LogP contribution >= 0.6 is 0 Å². The highest BCUT2D eigenvalue weighted by atomic mass is 16.3. The topological polar surface area (TPSA) is 98.2 Å². The molecule has 0 bridgehead atoms. The molecule has 0 aliphatic rings. The molecular formula is C22H27N3O3. The van der Waals surface area contributed by atoms with E-state index in [9.17, 15) is 9.59 Å². The van der Waals surface area contributed by atoms with E-state index in [4.69, 9.17) is 10.2 Å². The SMILES string of the molecule is CCCCCCNC(=O)c1cc2c(=O)c3cc(C(C)C)ccc3oc2nc1N. The van der Waals surface area contributed by atoms with Crippen LogP contribution in [0.3, 0.4) is 0 Å². The van der Waals surface area contributed by atoms with Crippen molar-refractivity contribution in [3.63, 3.8) is 0 Å². The Morgan fingerprint density at radius 3 is 2.68 bits per heavy atom. The van der Waals surface area contributed by atoms with Gasteiger partial charge in [0.1, 0.15) is 11.4 Å². The fourth-order valence-electron chi connectivity index (χ4n) is 3.20. The second-order valence-electron chi connectivity index (χ2n) is 7.43. The summed E-state index contributed by atoms with van der Waals surface area (Å²) in [6, 6.07) is 7.05. The van der Waals surface area contributed by atoms with E-state index in [1.807, 2.05) is 12.1 Å². The summed E-state index contributed by atoms with van der Waals surface area (Å²) in [5, 5.41) is 3.60. The van der Waals surface area contributed by atoms with Gasteiger partial charge in [-0.1, -0.05) is 46.1 Å². The minimum absolute atomic E-state index is 0.0554. The first kappa shape index (κ1) is 19.9. The molecule has 28 heavy (non-hydrogen) atoms. The number of anilines is 1. The van der Waals surface area contributed by atoms with E-state index >= 15 is 0 Å². The molecule has 3 N–H and O–H groups in total. The average molecular weight is 381 g/mol. The van der Waals surface area contributed by atoms with Crippen molar-refractivity contribution in [2.75, 3.05) is 12.3 Å². The highest BCUT2D eigenvalue weighted by Gasteiger charge is 2.17. The van der Waals surface area contributed by atoms with Gasteiger partial charge in [-0.05, 0) is 36.1 Å². The number of benzene rings is 1.